The molecule has 0 spiro atoms. The van der Waals surface area contributed by atoms with Crippen LogP contribution in [-0.4, -0.2) is 76.9 Å². The predicted molar refractivity (Wildman–Crippen MR) is 100.0 cm³/mol. The molecule has 1 N–H and O–H groups in total. The van der Waals surface area contributed by atoms with Gasteiger partial charge in [0.05, 0.1) is 19.8 Å². The fraction of sp³-hybridized carbons (Fsp3) is 0.550. The van der Waals surface area contributed by atoms with E-state index in [0.717, 1.165) is 24.0 Å². The molecule has 0 unspecified atom stereocenters. The van der Waals surface area contributed by atoms with Gasteiger partial charge in [0.25, 0.3) is 0 Å². The Morgan fingerprint density at radius 2 is 1.96 bits per heavy atom. The van der Waals surface area contributed by atoms with E-state index in [4.69, 9.17) is 4.74 Å². The fourth-order valence-electron chi connectivity index (χ4n) is 4.11. The zero-order chi connectivity index (χ0) is 18.0. The van der Waals surface area contributed by atoms with Crippen molar-refractivity contribution in [3.63, 3.8) is 0 Å². The first-order valence-corrected chi connectivity index (χ1v) is 9.47. The van der Waals surface area contributed by atoms with Crippen molar-refractivity contribution in [3.05, 3.63) is 36.5 Å². The number of nitrogens with zero attached hydrogens (tertiary/aromatic N) is 3. The maximum atomic E-state index is 12.9. The largest absolute Gasteiger partial charge is 0.384 e. The Morgan fingerprint density at radius 1 is 1.15 bits per heavy atom. The zero-order valence-electron chi connectivity index (χ0n) is 15.1. The highest BCUT2D eigenvalue weighted by Crippen LogP contribution is 2.19. The number of hydrogen-bond donors (Lipinski definition) is 1. The van der Waals surface area contributed by atoms with E-state index in [-0.39, 0.29) is 12.5 Å². The summed E-state index contributed by atoms with van der Waals surface area (Å²) in [6, 6.07) is 10.1. The van der Waals surface area contributed by atoms with Gasteiger partial charge in [-0.3, -0.25) is 4.79 Å². The Labute approximate surface area is 153 Å². The molecule has 1 aromatic carbocycles. The van der Waals surface area contributed by atoms with E-state index < -0.39 is 5.60 Å². The minimum Gasteiger partial charge on any atom is -0.384 e. The van der Waals surface area contributed by atoms with Crippen molar-refractivity contribution in [2.75, 3.05) is 45.9 Å². The summed E-state index contributed by atoms with van der Waals surface area (Å²) in [7, 11) is 0. The summed E-state index contributed by atoms with van der Waals surface area (Å²) in [4.78, 5) is 16.9. The first-order chi connectivity index (χ1) is 12.6. The third-order valence-corrected chi connectivity index (χ3v) is 5.42. The van der Waals surface area contributed by atoms with Gasteiger partial charge in [0, 0.05) is 24.8 Å². The summed E-state index contributed by atoms with van der Waals surface area (Å²) in [5, 5.41) is 12.2. The molecule has 2 saturated heterocycles. The number of aromatic nitrogens is 1. The van der Waals surface area contributed by atoms with Crippen LogP contribution in [0, 0.1) is 0 Å². The molecule has 1 atom stereocenters. The van der Waals surface area contributed by atoms with Gasteiger partial charge in [-0.05, 0) is 43.5 Å². The van der Waals surface area contributed by atoms with Crippen LogP contribution in [-0.2, 0) is 16.1 Å². The van der Waals surface area contributed by atoms with Gasteiger partial charge < -0.3 is 24.2 Å². The Balaban J connectivity index is 1.45. The first-order valence-electron chi connectivity index (χ1n) is 9.47. The van der Waals surface area contributed by atoms with Gasteiger partial charge in [-0.1, -0.05) is 18.2 Å². The number of likely N-dealkylation sites (tertiary alicyclic amines) is 1. The first kappa shape index (κ1) is 17.5. The molecule has 3 heterocycles. The van der Waals surface area contributed by atoms with Gasteiger partial charge in [-0.2, -0.15) is 0 Å². The van der Waals surface area contributed by atoms with Crippen LogP contribution in [0.5, 0.6) is 0 Å². The third-order valence-electron chi connectivity index (χ3n) is 5.42. The molecule has 26 heavy (non-hydrogen) atoms. The van der Waals surface area contributed by atoms with E-state index in [1.54, 1.807) is 4.90 Å². The molecule has 6 nitrogen and oxygen atoms in total. The minimum atomic E-state index is -0.991. The summed E-state index contributed by atoms with van der Waals surface area (Å²) in [6.45, 7) is 4.52. The number of β-amino-alcohol motifs (C(OH)–C–C–N with tert-alkyl or cyclic N) is 1. The molecule has 2 aliphatic heterocycles. The monoisotopic (exact) mass is 357 g/mol. The maximum Gasteiger partial charge on any atom is 0.242 e. The molecule has 2 aliphatic rings. The van der Waals surface area contributed by atoms with E-state index in [1.807, 2.05) is 41.1 Å². The van der Waals surface area contributed by atoms with Crippen molar-refractivity contribution in [2.45, 2.75) is 25.0 Å². The third kappa shape index (κ3) is 3.77. The van der Waals surface area contributed by atoms with Crippen LogP contribution < -0.4 is 0 Å². The number of hydrogen-bond acceptors (Lipinski definition) is 4. The second kappa shape index (κ2) is 7.39. The molecule has 1 aromatic heterocycles. The van der Waals surface area contributed by atoms with Gasteiger partial charge in [-0.15, -0.1) is 0 Å². The smallest absolute Gasteiger partial charge is 0.242 e. The van der Waals surface area contributed by atoms with Gasteiger partial charge in [0.15, 0.2) is 0 Å². The average Bonchev–Trinajstić information content (AvgIpc) is 3.23. The Kier molecular flexibility index (Phi) is 4.98. The van der Waals surface area contributed by atoms with Crippen molar-refractivity contribution >= 4 is 16.8 Å². The van der Waals surface area contributed by atoms with E-state index in [2.05, 4.69) is 4.90 Å². The van der Waals surface area contributed by atoms with Crippen molar-refractivity contribution < 1.29 is 14.6 Å². The van der Waals surface area contributed by atoms with Crippen LogP contribution in [0.3, 0.4) is 0 Å². The van der Waals surface area contributed by atoms with Gasteiger partial charge >= 0.3 is 0 Å². The van der Waals surface area contributed by atoms with E-state index in [0.29, 0.717) is 32.8 Å². The van der Waals surface area contributed by atoms with Gasteiger partial charge in [0.2, 0.25) is 5.91 Å². The zero-order valence-corrected chi connectivity index (χ0v) is 15.1. The highest BCUT2D eigenvalue weighted by Gasteiger charge is 2.36. The number of rotatable bonds is 4. The standard InChI is InChI=1S/C20H27N3O3/c24-19(13-22-10-7-17-5-1-2-6-18(17)22)23-11-12-26-16-20(25,15-23)14-21-8-3-4-9-21/h1-2,5-7,10,25H,3-4,8-9,11-16H2/t20-/m0/s1. The van der Waals surface area contributed by atoms with Crippen LogP contribution in [0.2, 0.25) is 0 Å². The van der Waals surface area contributed by atoms with Gasteiger partial charge in [-0.25, -0.2) is 0 Å². The van der Waals surface area contributed by atoms with Crippen molar-refractivity contribution in [3.8, 4) is 0 Å². The summed E-state index contributed by atoms with van der Waals surface area (Å²) < 4.78 is 7.60. The lowest BCUT2D eigenvalue weighted by atomic mass is 10.0. The minimum absolute atomic E-state index is 0.0247. The summed E-state index contributed by atoms with van der Waals surface area (Å²) in [6.07, 6.45) is 4.31. The summed E-state index contributed by atoms with van der Waals surface area (Å²) >= 11 is 0. The van der Waals surface area contributed by atoms with Crippen molar-refractivity contribution in [1.82, 2.24) is 14.4 Å². The fourth-order valence-corrected chi connectivity index (χ4v) is 4.11. The highest BCUT2D eigenvalue weighted by molar-refractivity contribution is 5.83. The molecule has 1 amide bonds. The molecule has 0 bridgehead atoms. The maximum absolute atomic E-state index is 12.9. The summed E-state index contributed by atoms with van der Waals surface area (Å²) in [5.41, 5.74) is 0.0640. The van der Waals surface area contributed by atoms with Crippen LogP contribution in [0.15, 0.2) is 36.5 Å². The summed E-state index contributed by atoms with van der Waals surface area (Å²) in [5.74, 6) is 0.0247. The molecule has 4 rings (SSSR count). The second-order valence-electron chi connectivity index (χ2n) is 7.58. The number of para-hydroxylation sites is 1. The van der Waals surface area contributed by atoms with Crippen LogP contribution in [0.1, 0.15) is 12.8 Å². The average molecular weight is 357 g/mol. The van der Waals surface area contributed by atoms with E-state index >= 15 is 0 Å². The Morgan fingerprint density at radius 3 is 2.81 bits per heavy atom. The molecular formula is C20H27N3O3. The van der Waals surface area contributed by atoms with E-state index in [1.165, 1.54) is 12.8 Å². The number of benzene rings is 1. The lowest BCUT2D eigenvalue weighted by molar-refractivity contribution is -0.135. The number of aliphatic hydroxyl groups is 1. The Bertz CT molecular complexity index is 769. The highest BCUT2D eigenvalue weighted by atomic mass is 16.5. The second-order valence-corrected chi connectivity index (χ2v) is 7.58. The normalized spacial score (nSPS) is 24.9. The van der Waals surface area contributed by atoms with Gasteiger partial charge in [0.1, 0.15) is 12.1 Å². The predicted octanol–water partition coefficient (Wildman–Crippen LogP) is 1.33. The molecular weight excluding hydrogens is 330 g/mol. The lowest BCUT2D eigenvalue weighted by Gasteiger charge is -2.34. The Hall–Kier alpha value is -1.89. The van der Waals surface area contributed by atoms with Crippen LogP contribution in [0.4, 0.5) is 0 Å². The molecule has 2 fully saturated rings. The SMILES string of the molecule is O=C(Cn1ccc2ccccc21)N1CCOC[C@](O)(CN2CCCC2)C1. The van der Waals surface area contributed by atoms with Crippen molar-refractivity contribution in [2.24, 2.45) is 0 Å². The van der Waals surface area contributed by atoms with Crippen LogP contribution in [0.25, 0.3) is 10.9 Å². The quantitative estimate of drug-likeness (QED) is 0.897. The van der Waals surface area contributed by atoms with Crippen LogP contribution >= 0.6 is 0 Å². The molecule has 0 aliphatic carbocycles. The lowest BCUT2D eigenvalue weighted by Crippen LogP contribution is -2.53. The number of carbonyl (C=O) groups is 1. The van der Waals surface area contributed by atoms with E-state index in [9.17, 15) is 9.90 Å². The molecule has 0 saturated carbocycles. The number of amides is 1. The molecule has 2 aromatic rings. The molecule has 6 heteroatoms. The number of fused-ring (bicyclic) bond motifs is 1. The van der Waals surface area contributed by atoms with Crippen molar-refractivity contribution in [1.29, 1.82) is 0 Å². The number of carbonyl (C=O) groups excluding carboxylic acids is 1. The number of ether oxygens (including phenoxy) is 1. The molecule has 140 valence electrons. The topological polar surface area (TPSA) is 57.9 Å². The molecule has 0 radical (unpaired) electrons.